The van der Waals surface area contributed by atoms with Crippen molar-refractivity contribution in [2.45, 2.75) is 26.2 Å². The van der Waals surface area contributed by atoms with Gasteiger partial charge in [0.2, 0.25) is 5.95 Å². The fourth-order valence-electron chi connectivity index (χ4n) is 2.30. The summed E-state index contributed by atoms with van der Waals surface area (Å²) in [6.07, 6.45) is 4.60. The van der Waals surface area contributed by atoms with Crippen molar-refractivity contribution < 1.29 is 9.18 Å². The minimum absolute atomic E-state index is 0.0873. The number of hydrogen-bond acceptors (Lipinski definition) is 2. The highest BCUT2D eigenvalue weighted by Crippen LogP contribution is 2.21. The van der Waals surface area contributed by atoms with Gasteiger partial charge in [0.05, 0.1) is 5.56 Å². The third-order valence-electron chi connectivity index (χ3n) is 3.37. The Kier molecular flexibility index (Phi) is 3.71. The zero-order valence-electron chi connectivity index (χ0n) is 10.0. The van der Waals surface area contributed by atoms with Gasteiger partial charge in [-0.25, -0.2) is 4.98 Å². The molecule has 0 aromatic carbocycles. The van der Waals surface area contributed by atoms with E-state index in [-0.39, 0.29) is 11.5 Å². The van der Waals surface area contributed by atoms with Crippen molar-refractivity contribution in [3.05, 3.63) is 29.8 Å². The van der Waals surface area contributed by atoms with Crippen LogP contribution in [0.5, 0.6) is 0 Å². The molecule has 0 spiro atoms. The Morgan fingerprint density at radius 1 is 1.65 bits per heavy atom. The van der Waals surface area contributed by atoms with Crippen LogP contribution in [0.3, 0.4) is 0 Å². The van der Waals surface area contributed by atoms with Gasteiger partial charge in [0.1, 0.15) is 0 Å². The molecule has 0 radical (unpaired) electrons. The lowest BCUT2D eigenvalue weighted by atomic mass is 9.95. The van der Waals surface area contributed by atoms with Gasteiger partial charge in [0.15, 0.2) is 0 Å². The number of likely N-dealkylation sites (tertiary alicyclic amines) is 1. The summed E-state index contributed by atoms with van der Waals surface area (Å²) in [7, 11) is 0. The smallest absolute Gasteiger partial charge is 0.258 e. The summed E-state index contributed by atoms with van der Waals surface area (Å²) in [5.41, 5.74) is 0.0873. The highest BCUT2D eigenvalue weighted by molar-refractivity contribution is 5.94. The molecule has 2 heterocycles. The molecule has 1 aromatic rings. The molecule has 1 aromatic heterocycles. The number of carbonyl (C=O) groups is 1. The van der Waals surface area contributed by atoms with E-state index in [9.17, 15) is 9.18 Å². The molecule has 3 nitrogen and oxygen atoms in total. The van der Waals surface area contributed by atoms with E-state index in [2.05, 4.69) is 11.9 Å². The van der Waals surface area contributed by atoms with E-state index in [1.807, 2.05) is 0 Å². The van der Waals surface area contributed by atoms with Gasteiger partial charge in [-0.2, -0.15) is 4.39 Å². The van der Waals surface area contributed by atoms with E-state index in [0.717, 1.165) is 32.4 Å². The molecular weight excluding hydrogens is 219 g/mol. The lowest BCUT2D eigenvalue weighted by Crippen LogP contribution is -2.40. The first-order chi connectivity index (χ1) is 8.22. The average molecular weight is 236 g/mol. The van der Waals surface area contributed by atoms with E-state index >= 15 is 0 Å². The van der Waals surface area contributed by atoms with E-state index in [1.54, 1.807) is 11.0 Å². The molecule has 2 rings (SSSR count). The largest absolute Gasteiger partial charge is 0.338 e. The van der Waals surface area contributed by atoms with Crippen molar-refractivity contribution in [1.82, 2.24) is 9.88 Å². The van der Waals surface area contributed by atoms with Gasteiger partial charge < -0.3 is 4.90 Å². The minimum Gasteiger partial charge on any atom is -0.338 e. The summed E-state index contributed by atoms with van der Waals surface area (Å²) in [6.45, 7) is 3.59. The Morgan fingerprint density at radius 3 is 3.18 bits per heavy atom. The first-order valence-electron chi connectivity index (χ1n) is 6.12. The van der Waals surface area contributed by atoms with Gasteiger partial charge in [-0.15, -0.1) is 0 Å². The molecule has 1 aliphatic heterocycles. The lowest BCUT2D eigenvalue weighted by Gasteiger charge is -2.32. The monoisotopic (exact) mass is 236 g/mol. The van der Waals surface area contributed by atoms with Crippen molar-refractivity contribution in [3.63, 3.8) is 0 Å². The average Bonchev–Trinajstić information content (AvgIpc) is 2.38. The first kappa shape index (κ1) is 12.0. The molecule has 1 atom stereocenters. The molecule has 0 saturated carbocycles. The third kappa shape index (κ3) is 2.62. The molecule has 0 N–H and O–H groups in total. The second-order valence-corrected chi connectivity index (χ2v) is 4.51. The summed E-state index contributed by atoms with van der Waals surface area (Å²) >= 11 is 0. The molecule has 1 aliphatic rings. The molecule has 17 heavy (non-hydrogen) atoms. The normalized spacial score (nSPS) is 20.4. The van der Waals surface area contributed by atoms with Gasteiger partial charge >= 0.3 is 0 Å². The van der Waals surface area contributed by atoms with E-state index < -0.39 is 5.95 Å². The van der Waals surface area contributed by atoms with Crippen LogP contribution in [0.1, 0.15) is 36.5 Å². The number of rotatable bonds is 2. The van der Waals surface area contributed by atoms with Gasteiger partial charge in [0.25, 0.3) is 5.91 Å². The number of carbonyl (C=O) groups excluding carboxylic acids is 1. The fraction of sp³-hybridized carbons (Fsp3) is 0.538. The second kappa shape index (κ2) is 5.25. The SMILES string of the molecule is CCC1CCCN(C(=O)c2cccnc2F)C1. The number of pyridine rings is 1. The number of aromatic nitrogens is 1. The van der Waals surface area contributed by atoms with Gasteiger partial charge in [-0.05, 0) is 30.9 Å². The Morgan fingerprint density at radius 2 is 2.47 bits per heavy atom. The minimum atomic E-state index is -0.670. The van der Waals surface area contributed by atoms with Crippen LogP contribution in [0.15, 0.2) is 18.3 Å². The zero-order chi connectivity index (χ0) is 12.3. The van der Waals surface area contributed by atoms with Crippen LogP contribution < -0.4 is 0 Å². The second-order valence-electron chi connectivity index (χ2n) is 4.51. The van der Waals surface area contributed by atoms with E-state index in [4.69, 9.17) is 0 Å². The van der Waals surface area contributed by atoms with Gasteiger partial charge in [-0.1, -0.05) is 13.3 Å². The van der Waals surface area contributed by atoms with Crippen LogP contribution in [-0.2, 0) is 0 Å². The number of halogens is 1. The van der Waals surface area contributed by atoms with Crippen molar-refractivity contribution in [3.8, 4) is 0 Å². The van der Waals surface area contributed by atoms with Crippen LogP contribution in [0.4, 0.5) is 4.39 Å². The van der Waals surface area contributed by atoms with Crippen molar-refractivity contribution in [2.24, 2.45) is 5.92 Å². The van der Waals surface area contributed by atoms with Crippen LogP contribution in [0.2, 0.25) is 0 Å². The summed E-state index contributed by atoms with van der Waals surface area (Å²) < 4.78 is 13.4. The topological polar surface area (TPSA) is 33.2 Å². The Hall–Kier alpha value is -1.45. The molecule has 1 fully saturated rings. The maximum absolute atomic E-state index is 13.4. The molecule has 92 valence electrons. The number of amides is 1. The molecular formula is C13H17FN2O. The lowest BCUT2D eigenvalue weighted by molar-refractivity contribution is 0.0665. The Labute approximate surface area is 101 Å². The predicted molar refractivity (Wildman–Crippen MR) is 63.1 cm³/mol. The Balaban J connectivity index is 2.12. The summed E-state index contributed by atoms with van der Waals surface area (Å²) in [5, 5.41) is 0. The van der Waals surface area contributed by atoms with Gasteiger partial charge in [-0.3, -0.25) is 4.79 Å². The Bertz CT molecular complexity index is 408. The highest BCUT2D eigenvalue weighted by atomic mass is 19.1. The quantitative estimate of drug-likeness (QED) is 0.739. The molecule has 1 saturated heterocycles. The van der Waals surface area contributed by atoms with E-state index in [1.165, 1.54) is 12.3 Å². The van der Waals surface area contributed by atoms with Crippen molar-refractivity contribution in [2.75, 3.05) is 13.1 Å². The molecule has 0 aliphatic carbocycles. The zero-order valence-corrected chi connectivity index (χ0v) is 10.0. The summed E-state index contributed by atoms with van der Waals surface area (Å²) in [5.74, 6) is -0.350. The summed E-state index contributed by atoms with van der Waals surface area (Å²) in [4.78, 5) is 17.4. The highest BCUT2D eigenvalue weighted by Gasteiger charge is 2.25. The maximum atomic E-state index is 13.4. The van der Waals surface area contributed by atoms with Gasteiger partial charge in [0, 0.05) is 19.3 Å². The third-order valence-corrected chi connectivity index (χ3v) is 3.37. The van der Waals surface area contributed by atoms with Crippen LogP contribution in [-0.4, -0.2) is 28.9 Å². The van der Waals surface area contributed by atoms with Crippen molar-refractivity contribution in [1.29, 1.82) is 0 Å². The van der Waals surface area contributed by atoms with E-state index in [0.29, 0.717) is 5.92 Å². The number of nitrogens with zero attached hydrogens (tertiary/aromatic N) is 2. The standard InChI is InChI=1S/C13H17FN2O/c1-2-10-5-4-8-16(9-10)13(17)11-6-3-7-15-12(11)14/h3,6-7,10H,2,4-5,8-9H2,1H3. The first-order valence-corrected chi connectivity index (χ1v) is 6.12. The number of piperidine rings is 1. The van der Waals surface area contributed by atoms with Crippen LogP contribution >= 0.6 is 0 Å². The van der Waals surface area contributed by atoms with Crippen LogP contribution in [0, 0.1) is 11.9 Å². The molecule has 0 bridgehead atoms. The fourth-order valence-corrected chi connectivity index (χ4v) is 2.30. The van der Waals surface area contributed by atoms with Crippen LogP contribution in [0.25, 0.3) is 0 Å². The predicted octanol–water partition coefficient (Wildman–Crippen LogP) is 2.48. The number of hydrogen-bond donors (Lipinski definition) is 0. The molecule has 4 heteroatoms. The van der Waals surface area contributed by atoms with Crippen molar-refractivity contribution >= 4 is 5.91 Å². The molecule has 1 amide bonds. The summed E-state index contributed by atoms with van der Waals surface area (Å²) in [6, 6.07) is 3.10. The maximum Gasteiger partial charge on any atom is 0.258 e. The molecule has 1 unspecified atom stereocenters.